The van der Waals surface area contributed by atoms with Crippen LogP contribution in [0.3, 0.4) is 0 Å². The maximum absolute atomic E-state index is 5.42. The highest BCUT2D eigenvalue weighted by atomic mass is 15.1. The molecule has 5 heteroatoms. The number of anilines is 2. The van der Waals surface area contributed by atoms with Crippen molar-refractivity contribution in [2.24, 2.45) is 5.73 Å². The molecule has 0 unspecified atom stereocenters. The Labute approximate surface area is 96.9 Å². The van der Waals surface area contributed by atoms with Gasteiger partial charge in [-0.2, -0.15) is 4.98 Å². The second-order valence-corrected chi connectivity index (χ2v) is 3.61. The van der Waals surface area contributed by atoms with Crippen LogP contribution in [0.25, 0.3) is 0 Å². The number of nitrogens with two attached hydrogens (primary N) is 1. The van der Waals surface area contributed by atoms with Crippen LogP contribution in [-0.2, 0) is 0 Å². The molecule has 0 fully saturated rings. The molecule has 1 aromatic rings. The molecule has 0 aliphatic rings. The molecule has 0 spiro atoms. The molecule has 0 amide bonds. The molecule has 1 heterocycles. The van der Waals surface area contributed by atoms with Crippen molar-refractivity contribution in [3.63, 3.8) is 0 Å². The monoisotopic (exact) mass is 223 g/mol. The Morgan fingerprint density at radius 1 is 1.25 bits per heavy atom. The van der Waals surface area contributed by atoms with Gasteiger partial charge in [0.15, 0.2) is 0 Å². The molecule has 90 valence electrons. The minimum Gasteiger partial charge on any atom is -0.370 e. The van der Waals surface area contributed by atoms with Crippen LogP contribution in [0.5, 0.6) is 0 Å². The zero-order valence-electron chi connectivity index (χ0n) is 9.87. The normalized spacial score (nSPS) is 10.1. The van der Waals surface area contributed by atoms with Gasteiger partial charge in [-0.1, -0.05) is 13.3 Å². The fourth-order valence-corrected chi connectivity index (χ4v) is 1.24. The number of nitrogens with one attached hydrogen (secondary N) is 2. The maximum Gasteiger partial charge on any atom is 0.224 e. The Hall–Kier alpha value is -1.36. The molecule has 5 nitrogen and oxygen atoms in total. The second-order valence-electron chi connectivity index (χ2n) is 3.61. The van der Waals surface area contributed by atoms with Gasteiger partial charge in [-0.05, 0) is 25.5 Å². The van der Waals surface area contributed by atoms with Crippen molar-refractivity contribution in [3.8, 4) is 0 Å². The first-order valence-corrected chi connectivity index (χ1v) is 5.87. The highest BCUT2D eigenvalue weighted by Gasteiger charge is 1.97. The third-order valence-electron chi connectivity index (χ3n) is 2.16. The molecule has 0 aliphatic carbocycles. The van der Waals surface area contributed by atoms with Crippen LogP contribution >= 0.6 is 0 Å². The number of rotatable bonds is 8. The Bertz CT molecular complexity index is 264. The van der Waals surface area contributed by atoms with Crippen LogP contribution in [-0.4, -0.2) is 29.6 Å². The minimum absolute atomic E-state index is 0.686. The number of unbranched alkanes of at least 4 members (excludes halogenated alkanes) is 1. The fourth-order valence-electron chi connectivity index (χ4n) is 1.24. The van der Waals surface area contributed by atoms with Gasteiger partial charge in [0.05, 0.1) is 0 Å². The van der Waals surface area contributed by atoms with Crippen LogP contribution in [0.2, 0.25) is 0 Å². The van der Waals surface area contributed by atoms with E-state index >= 15 is 0 Å². The Morgan fingerprint density at radius 3 is 2.81 bits per heavy atom. The van der Waals surface area contributed by atoms with Crippen LogP contribution < -0.4 is 16.4 Å². The van der Waals surface area contributed by atoms with E-state index in [9.17, 15) is 0 Å². The minimum atomic E-state index is 0.686. The summed E-state index contributed by atoms with van der Waals surface area (Å²) in [6, 6.07) is 1.86. The predicted octanol–water partition coefficient (Wildman–Crippen LogP) is 1.45. The van der Waals surface area contributed by atoms with Gasteiger partial charge in [-0.15, -0.1) is 0 Å². The van der Waals surface area contributed by atoms with Gasteiger partial charge < -0.3 is 16.4 Å². The van der Waals surface area contributed by atoms with Gasteiger partial charge in [0, 0.05) is 19.3 Å². The third kappa shape index (κ3) is 4.93. The molecule has 4 N–H and O–H groups in total. The molecule has 0 aromatic carbocycles. The molecule has 0 atom stereocenters. The number of aromatic nitrogens is 2. The summed E-state index contributed by atoms with van der Waals surface area (Å²) in [6.07, 6.45) is 5.00. The van der Waals surface area contributed by atoms with Gasteiger partial charge >= 0.3 is 0 Å². The van der Waals surface area contributed by atoms with E-state index in [-0.39, 0.29) is 0 Å². The summed E-state index contributed by atoms with van der Waals surface area (Å²) in [5, 5.41) is 6.39. The van der Waals surface area contributed by atoms with E-state index in [1.54, 1.807) is 6.20 Å². The first kappa shape index (κ1) is 12.7. The summed E-state index contributed by atoms with van der Waals surface area (Å²) in [5.74, 6) is 1.54. The van der Waals surface area contributed by atoms with Crippen LogP contribution in [0.1, 0.15) is 26.2 Å². The van der Waals surface area contributed by atoms with Gasteiger partial charge in [0.25, 0.3) is 0 Å². The van der Waals surface area contributed by atoms with Gasteiger partial charge in [0.1, 0.15) is 5.82 Å². The Balaban J connectivity index is 2.37. The zero-order chi connectivity index (χ0) is 11.6. The van der Waals surface area contributed by atoms with Crippen molar-refractivity contribution >= 4 is 11.8 Å². The Morgan fingerprint density at radius 2 is 2.06 bits per heavy atom. The molecule has 1 rings (SSSR count). The summed E-state index contributed by atoms with van der Waals surface area (Å²) in [7, 11) is 0. The van der Waals surface area contributed by atoms with Crippen molar-refractivity contribution in [1.82, 2.24) is 9.97 Å². The van der Waals surface area contributed by atoms with E-state index in [4.69, 9.17) is 5.73 Å². The van der Waals surface area contributed by atoms with E-state index < -0.39 is 0 Å². The van der Waals surface area contributed by atoms with E-state index in [2.05, 4.69) is 27.5 Å². The average molecular weight is 223 g/mol. The smallest absolute Gasteiger partial charge is 0.224 e. The maximum atomic E-state index is 5.42. The lowest BCUT2D eigenvalue weighted by molar-refractivity contribution is 0.825. The first-order chi connectivity index (χ1) is 7.86. The summed E-state index contributed by atoms with van der Waals surface area (Å²) in [5.41, 5.74) is 5.42. The molecular formula is C11H21N5. The lowest BCUT2D eigenvalue weighted by Gasteiger charge is -2.07. The third-order valence-corrected chi connectivity index (χ3v) is 2.16. The Kier molecular flexibility index (Phi) is 6.25. The molecule has 0 bridgehead atoms. The first-order valence-electron chi connectivity index (χ1n) is 5.87. The van der Waals surface area contributed by atoms with Crippen molar-refractivity contribution in [2.45, 2.75) is 26.2 Å². The highest BCUT2D eigenvalue weighted by molar-refractivity contribution is 5.39. The number of hydrogen-bond donors (Lipinski definition) is 3. The zero-order valence-corrected chi connectivity index (χ0v) is 9.87. The lowest BCUT2D eigenvalue weighted by atomic mass is 10.3. The number of nitrogens with zero attached hydrogens (tertiary/aromatic N) is 2. The molecular weight excluding hydrogens is 202 g/mol. The van der Waals surface area contributed by atoms with E-state index in [0.717, 1.165) is 31.7 Å². The number of hydrogen-bond acceptors (Lipinski definition) is 5. The summed E-state index contributed by atoms with van der Waals surface area (Å²) < 4.78 is 0. The van der Waals surface area contributed by atoms with E-state index in [0.29, 0.717) is 12.5 Å². The predicted molar refractivity (Wildman–Crippen MR) is 67.6 cm³/mol. The molecule has 16 heavy (non-hydrogen) atoms. The van der Waals surface area contributed by atoms with Crippen molar-refractivity contribution in [3.05, 3.63) is 12.3 Å². The van der Waals surface area contributed by atoms with Crippen LogP contribution in [0, 0.1) is 0 Å². The van der Waals surface area contributed by atoms with Crippen LogP contribution in [0.4, 0.5) is 11.8 Å². The average Bonchev–Trinajstić information content (AvgIpc) is 2.30. The molecule has 1 aromatic heterocycles. The fraction of sp³-hybridized carbons (Fsp3) is 0.636. The topological polar surface area (TPSA) is 75.9 Å². The van der Waals surface area contributed by atoms with Gasteiger partial charge in [-0.25, -0.2) is 4.98 Å². The quantitative estimate of drug-likeness (QED) is 0.582. The van der Waals surface area contributed by atoms with E-state index in [1.807, 2.05) is 6.07 Å². The van der Waals surface area contributed by atoms with Crippen molar-refractivity contribution in [1.29, 1.82) is 0 Å². The lowest BCUT2D eigenvalue weighted by Crippen LogP contribution is -2.11. The summed E-state index contributed by atoms with van der Waals surface area (Å²) in [6.45, 7) is 4.62. The molecule has 0 saturated carbocycles. The molecule has 0 aliphatic heterocycles. The van der Waals surface area contributed by atoms with E-state index in [1.165, 1.54) is 6.42 Å². The van der Waals surface area contributed by atoms with Crippen molar-refractivity contribution in [2.75, 3.05) is 30.3 Å². The van der Waals surface area contributed by atoms with Gasteiger partial charge in [-0.3, -0.25) is 0 Å². The largest absolute Gasteiger partial charge is 0.370 e. The van der Waals surface area contributed by atoms with Crippen molar-refractivity contribution < 1.29 is 0 Å². The van der Waals surface area contributed by atoms with Gasteiger partial charge in [0.2, 0.25) is 5.95 Å². The highest BCUT2D eigenvalue weighted by Crippen LogP contribution is 2.05. The second kappa shape index (κ2) is 7.87. The van der Waals surface area contributed by atoms with Crippen LogP contribution in [0.15, 0.2) is 12.3 Å². The summed E-state index contributed by atoms with van der Waals surface area (Å²) in [4.78, 5) is 8.49. The SMILES string of the molecule is CCCCNc1nccc(NCCCN)n1. The summed E-state index contributed by atoms with van der Waals surface area (Å²) >= 11 is 0. The standard InChI is InChI=1S/C11H21N5/c1-2-3-7-14-11-15-9-5-10(16-11)13-8-4-6-12/h5,9H,2-4,6-8,12H2,1H3,(H2,13,14,15,16). The molecule has 0 saturated heterocycles. The molecule has 0 radical (unpaired) electrons.